The number of fused-ring (bicyclic) bond motifs is 1. The number of rotatable bonds is 5. The number of carbonyl (C=O) groups excluding carboxylic acids is 2. The number of ether oxygens (including phenoxy) is 1. The molecule has 4 atom stereocenters. The van der Waals surface area contributed by atoms with Crippen LogP contribution in [0.4, 0.5) is 0 Å². The Labute approximate surface area is 170 Å². The van der Waals surface area contributed by atoms with Crippen molar-refractivity contribution in [3.8, 4) is 0 Å². The summed E-state index contributed by atoms with van der Waals surface area (Å²) in [5, 5.41) is 6.82. The van der Waals surface area contributed by atoms with E-state index in [9.17, 15) is 9.59 Å². The van der Waals surface area contributed by atoms with Crippen LogP contribution in [0.1, 0.15) is 48.4 Å². The topological polar surface area (TPSA) is 87.9 Å². The largest absolute Gasteiger partial charge is 0.370 e. The second-order valence-corrected chi connectivity index (χ2v) is 9.17. The molecular formula is C21H30N4O4. The maximum atomic E-state index is 12.7. The van der Waals surface area contributed by atoms with E-state index >= 15 is 0 Å². The molecule has 1 aromatic rings. The third-order valence-corrected chi connectivity index (χ3v) is 7.28. The van der Waals surface area contributed by atoms with Crippen LogP contribution in [0, 0.1) is 18.8 Å². The second kappa shape index (κ2) is 7.40. The molecule has 2 bridgehead atoms. The van der Waals surface area contributed by atoms with E-state index in [0.29, 0.717) is 30.5 Å². The fourth-order valence-corrected chi connectivity index (χ4v) is 5.89. The molecule has 5 heterocycles. The summed E-state index contributed by atoms with van der Waals surface area (Å²) >= 11 is 0. The predicted octanol–water partition coefficient (Wildman–Crippen LogP) is 1.20. The van der Waals surface area contributed by atoms with Gasteiger partial charge in [0.15, 0.2) is 5.69 Å². The van der Waals surface area contributed by atoms with Gasteiger partial charge in [-0.05, 0) is 39.0 Å². The van der Waals surface area contributed by atoms with Gasteiger partial charge in [0, 0.05) is 50.6 Å². The van der Waals surface area contributed by atoms with Crippen LogP contribution in [0.3, 0.4) is 0 Å². The van der Waals surface area contributed by atoms with Crippen LogP contribution in [0.25, 0.3) is 0 Å². The first kappa shape index (κ1) is 19.1. The standard InChI is InChI=1S/C21H30N4O4/c1-14-9-17(23-29-14)20(27)22-10-15-16-11-24(13-21(16)6-5-18(15)28-21)12-19(26)25-7-3-2-4-8-25/h9,15-16,18H,2-8,10-13H2,1H3,(H,22,27)/t15-,16+,18+,21+/m0/s1. The van der Waals surface area contributed by atoms with Crippen LogP contribution in [-0.4, -0.2) is 77.7 Å². The van der Waals surface area contributed by atoms with E-state index < -0.39 is 0 Å². The lowest BCUT2D eigenvalue weighted by molar-refractivity contribution is -0.133. The predicted molar refractivity (Wildman–Crippen MR) is 104 cm³/mol. The Morgan fingerprint density at radius 3 is 2.90 bits per heavy atom. The van der Waals surface area contributed by atoms with Crippen LogP contribution >= 0.6 is 0 Å². The summed E-state index contributed by atoms with van der Waals surface area (Å²) in [5.74, 6) is 1.34. The lowest BCUT2D eigenvalue weighted by Crippen LogP contribution is -2.43. The number of amides is 2. The molecule has 0 saturated carbocycles. The van der Waals surface area contributed by atoms with Gasteiger partial charge in [0.2, 0.25) is 5.91 Å². The van der Waals surface area contributed by atoms with Gasteiger partial charge in [-0.25, -0.2) is 0 Å². The fraction of sp³-hybridized carbons (Fsp3) is 0.762. The number of carbonyl (C=O) groups is 2. The smallest absolute Gasteiger partial charge is 0.273 e. The number of hydrogen-bond acceptors (Lipinski definition) is 6. The van der Waals surface area contributed by atoms with E-state index in [1.165, 1.54) is 6.42 Å². The molecule has 0 radical (unpaired) electrons. The maximum absolute atomic E-state index is 12.7. The highest BCUT2D eigenvalue weighted by Gasteiger charge is 2.62. The van der Waals surface area contributed by atoms with Gasteiger partial charge in [-0.3, -0.25) is 14.5 Å². The lowest BCUT2D eigenvalue weighted by atomic mass is 9.73. The number of aromatic nitrogens is 1. The summed E-state index contributed by atoms with van der Waals surface area (Å²) in [6.45, 7) is 6.35. The van der Waals surface area contributed by atoms with Gasteiger partial charge < -0.3 is 19.5 Å². The van der Waals surface area contributed by atoms with Crippen molar-refractivity contribution in [1.29, 1.82) is 0 Å². The fourth-order valence-electron chi connectivity index (χ4n) is 5.89. The van der Waals surface area contributed by atoms with E-state index in [1.807, 2.05) is 4.90 Å². The van der Waals surface area contributed by atoms with Crippen LogP contribution in [0.5, 0.6) is 0 Å². The van der Waals surface area contributed by atoms with Gasteiger partial charge in [0.1, 0.15) is 5.76 Å². The zero-order chi connectivity index (χ0) is 20.0. The van der Waals surface area contributed by atoms with Crippen molar-refractivity contribution in [1.82, 2.24) is 20.3 Å². The Balaban J connectivity index is 1.19. The molecule has 1 spiro atoms. The van der Waals surface area contributed by atoms with E-state index in [0.717, 1.165) is 51.9 Å². The number of hydrogen-bond donors (Lipinski definition) is 1. The molecule has 4 aliphatic rings. The van der Waals surface area contributed by atoms with E-state index in [4.69, 9.17) is 9.26 Å². The molecule has 4 aliphatic heterocycles. The highest BCUT2D eigenvalue weighted by molar-refractivity contribution is 5.92. The Morgan fingerprint density at radius 1 is 1.31 bits per heavy atom. The lowest BCUT2D eigenvalue weighted by Gasteiger charge is -2.29. The molecule has 29 heavy (non-hydrogen) atoms. The van der Waals surface area contributed by atoms with Crippen molar-refractivity contribution >= 4 is 11.8 Å². The average Bonchev–Trinajstić information content (AvgIpc) is 3.47. The molecule has 2 amide bonds. The summed E-state index contributed by atoms with van der Waals surface area (Å²) < 4.78 is 11.4. The van der Waals surface area contributed by atoms with E-state index in [1.54, 1.807) is 13.0 Å². The molecule has 4 saturated heterocycles. The van der Waals surface area contributed by atoms with Crippen LogP contribution in [0.15, 0.2) is 10.6 Å². The third-order valence-electron chi connectivity index (χ3n) is 7.28. The summed E-state index contributed by atoms with van der Waals surface area (Å²) in [7, 11) is 0. The first-order chi connectivity index (χ1) is 14.0. The summed E-state index contributed by atoms with van der Waals surface area (Å²) in [4.78, 5) is 29.4. The quantitative estimate of drug-likeness (QED) is 0.796. The van der Waals surface area contributed by atoms with Crippen molar-refractivity contribution in [2.75, 3.05) is 39.3 Å². The van der Waals surface area contributed by atoms with Crippen LogP contribution in [-0.2, 0) is 9.53 Å². The normalized spacial score (nSPS) is 33.8. The molecule has 8 nitrogen and oxygen atoms in total. The van der Waals surface area contributed by atoms with Gasteiger partial charge in [0.25, 0.3) is 5.91 Å². The molecule has 1 N–H and O–H groups in total. The van der Waals surface area contributed by atoms with Gasteiger partial charge in [0.05, 0.1) is 18.2 Å². The monoisotopic (exact) mass is 402 g/mol. The van der Waals surface area contributed by atoms with E-state index in [-0.39, 0.29) is 29.4 Å². The van der Waals surface area contributed by atoms with E-state index in [2.05, 4.69) is 15.4 Å². The van der Waals surface area contributed by atoms with Crippen LogP contribution in [0.2, 0.25) is 0 Å². The number of likely N-dealkylation sites (tertiary alicyclic amines) is 2. The van der Waals surface area contributed by atoms with Gasteiger partial charge >= 0.3 is 0 Å². The molecule has 0 aromatic carbocycles. The third kappa shape index (κ3) is 3.46. The Bertz CT molecular complexity index is 789. The SMILES string of the molecule is Cc1cc(C(=O)NC[C@H]2[C@H]3CN(CC(=O)N4CCCCC4)C[C@]34CC[C@H]2O4)no1. The summed E-state index contributed by atoms with van der Waals surface area (Å²) in [5.41, 5.74) is 0.189. The first-order valence-electron chi connectivity index (χ1n) is 10.9. The molecule has 1 aromatic heterocycles. The molecule has 0 unspecified atom stereocenters. The first-order valence-corrected chi connectivity index (χ1v) is 10.9. The van der Waals surface area contributed by atoms with Gasteiger partial charge in [-0.2, -0.15) is 0 Å². The zero-order valence-electron chi connectivity index (χ0n) is 17.1. The Kier molecular flexibility index (Phi) is 4.86. The minimum atomic E-state index is -0.200. The van der Waals surface area contributed by atoms with Crippen molar-refractivity contribution in [2.45, 2.75) is 50.7 Å². The van der Waals surface area contributed by atoms with Gasteiger partial charge in [-0.1, -0.05) is 5.16 Å². The van der Waals surface area contributed by atoms with Crippen molar-refractivity contribution < 1.29 is 18.8 Å². The maximum Gasteiger partial charge on any atom is 0.273 e. The minimum Gasteiger partial charge on any atom is -0.370 e. The molecule has 4 fully saturated rings. The second-order valence-electron chi connectivity index (χ2n) is 9.17. The number of piperidine rings is 1. The van der Waals surface area contributed by atoms with Crippen molar-refractivity contribution in [2.24, 2.45) is 11.8 Å². The highest BCUT2D eigenvalue weighted by atomic mass is 16.5. The molecular weight excluding hydrogens is 372 g/mol. The molecule has 5 rings (SSSR count). The zero-order valence-corrected chi connectivity index (χ0v) is 17.1. The van der Waals surface area contributed by atoms with Gasteiger partial charge in [-0.15, -0.1) is 0 Å². The Morgan fingerprint density at radius 2 is 2.14 bits per heavy atom. The number of aryl methyl sites for hydroxylation is 1. The molecule has 8 heteroatoms. The average molecular weight is 402 g/mol. The Hall–Kier alpha value is -1.93. The van der Waals surface area contributed by atoms with Crippen molar-refractivity contribution in [3.05, 3.63) is 17.5 Å². The number of nitrogens with one attached hydrogen (secondary N) is 1. The minimum absolute atomic E-state index is 0.132. The van der Waals surface area contributed by atoms with Crippen molar-refractivity contribution in [3.63, 3.8) is 0 Å². The number of nitrogens with zero attached hydrogens (tertiary/aromatic N) is 3. The highest BCUT2D eigenvalue weighted by Crippen LogP contribution is 2.54. The van der Waals surface area contributed by atoms with Crippen LogP contribution < -0.4 is 5.32 Å². The summed E-state index contributed by atoms with van der Waals surface area (Å²) in [6.07, 6.45) is 5.78. The molecule has 158 valence electrons. The summed E-state index contributed by atoms with van der Waals surface area (Å²) in [6, 6.07) is 1.65. The molecule has 0 aliphatic carbocycles.